The lowest BCUT2D eigenvalue weighted by molar-refractivity contribution is -0.0429. The van der Waals surface area contributed by atoms with Gasteiger partial charge >= 0.3 is 0 Å². The Morgan fingerprint density at radius 2 is 1.85 bits per heavy atom. The fourth-order valence-corrected chi connectivity index (χ4v) is 5.95. The van der Waals surface area contributed by atoms with E-state index in [1.54, 1.807) is 6.20 Å². The number of nitrogens with one attached hydrogen (secondary N) is 1. The summed E-state index contributed by atoms with van der Waals surface area (Å²) in [6.07, 6.45) is 7.46. The predicted octanol–water partition coefficient (Wildman–Crippen LogP) is 6.02. The van der Waals surface area contributed by atoms with Gasteiger partial charge in [0.2, 0.25) is 5.95 Å². The van der Waals surface area contributed by atoms with Gasteiger partial charge in [-0.25, -0.2) is 9.97 Å². The molecule has 3 fully saturated rings. The largest absolute Gasteiger partial charge is 0.489 e. The summed E-state index contributed by atoms with van der Waals surface area (Å²) in [5.41, 5.74) is 4.30. The summed E-state index contributed by atoms with van der Waals surface area (Å²) in [7, 11) is 0. The summed E-state index contributed by atoms with van der Waals surface area (Å²) in [4.78, 5) is 14.3. The van der Waals surface area contributed by atoms with Crippen molar-refractivity contribution in [3.63, 3.8) is 0 Å². The Kier molecular flexibility index (Phi) is 8.36. The van der Waals surface area contributed by atoms with Gasteiger partial charge < -0.3 is 19.7 Å². The molecule has 41 heavy (non-hydrogen) atoms. The Hall–Kier alpha value is -3.67. The maximum atomic E-state index is 9.89. The highest BCUT2D eigenvalue weighted by Gasteiger charge is 2.31. The van der Waals surface area contributed by atoms with Crippen molar-refractivity contribution in [1.29, 1.82) is 5.26 Å². The molecule has 1 aromatic heterocycles. The maximum absolute atomic E-state index is 9.89. The van der Waals surface area contributed by atoms with E-state index in [0.717, 1.165) is 68.4 Å². The quantitative estimate of drug-likeness (QED) is 0.345. The first-order valence-electron chi connectivity index (χ1n) is 15.1. The van der Waals surface area contributed by atoms with Gasteiger partial charge in [0.1, 0.15) is 17.9 Å². The number of hydrogen-bond acceptors (Lipinski definition) is 8. The maximum Gasteiger partial charge on any atom is 0.227 e. The second-order valence-corrected chi connectivity index (χ2v) is 11.9. The van der Waals surface area contributed by atoms with E-state index in [4.69, 9.17) is 14.5 Å². The average molecular weight is 553 g/mol. The Labute approximate surface area is 243 Å². The molecule has 2 unspecified atom stereocenters. The lowest BCUT2D eigenvalue weighted by Gasteiger charge is -2.36. The number of nitrogens with zero attached hydrogens (tertiary/aromatic N) is 5. The highest BCUT2D eigenvalue weighted by atomic mass is 16.5. The number of hydrogen-bond donors (Lipinski definition) is 1. The minimum absolute atomic E-state index is 0.0547. The molecule has 3 heterocycles. The Balaban J connectivity index is 1.09. The molecule has 2 atom stereocenters. The van der Waals surface area contributed by atoms with Gasteiger partial charge in [-0.2, -0.15) is 5.26 Å². The van der Waals surface area contributed by atoms with Gasteiger partial charge in [0, 0.05) is 68.2 Å². The third kappa shape index (κ3) is 6.98. The van der Waals surface area contributed by atoms with Crippen molar-refractivity contribution in [1.82, 2.24) is 14.9 Å². The molecule has 8 nitrogen and oxygen atoms in total. The molecular formula is C33H40N6O2. The molecule has 1 saturated carbocycles. The van der Waals surface area contributed by atoms with Crippen molar-refractivity contribution in [3.05, 3.63) is 60.3 Å². The second-order valence-electron chi connectivity index (χ2n) is 11.9. The lowest BCUT2D eigenvalue weighted by atomic mass is 9.97. The van der Waals surface area contributed by atoms with Crippen molar-refractivity contribution < 1.29 is 9.47 Å². The van der Waals surface area contributed by atoms with Crippen molar-refractivity contribution in [3.8, 4) is 23.1 Å². The Morgan fingerprint density at radius 1 is 1.05 bits per heavy atom. The average Bonchev–Trinajstić information content (AvgIpc) is 3.84. The third-order valence-electron chi connectivity index (χ3n) is 8.26. The molecule has 6 rings (SSSR count). The number of aromatic nitrogens is 2. The molecule has 0 spiro atoms. The van der Waals surface area contributed by atoms with Crippen LogP contribution in [0.4, 0.5) is 17.3 Å². The molecule has 0 amide bonds. The van der Waals surface area contributed by atoms with Crippen LogP contribution < -0.4 is 15.0 Å². The van der Waals surface area contributed by atoms with Crippen LogP contribution in [0.25, 0.3) is 11.3 Å². The molecule has 0 radical (unpaired) electrons. The van der Waals surface area contributed by atoms with Gasteiger partial charge in [0.05, 0.1) is 24.0 Å². The number of piperazine rings is 1. The van der Waals surface area contributed by atoms with Crippen LogP contribution in [0.2, 0.25) is 0 Å². The number of rotatable bonds is 9. The summed E-state index contributed by atoms with van der Waals surface area (Å²) in [6, 6.07) is 19.2. The highest BCUT2D eigenvalue weighted by Crippen LogP contribution is 2.31. The molecule has 1 N–H and O–H groups in total. The minimum atomic E-state index is 0.0547. The fourth-order valence-electron chi connectivity index (χ4n) is 5.95. The fraction of sp³-hybridized carbons (Fsp3) is 0.485. The van der Waals surface area contributed by atoms with E-state index in [0.29, 0.717) is 29.8 Å². The van der Waals surface area contributed by atoms with Crippen LogP contribution >= 0.6 is 0 Å². The van der Waals surface area contributed by atoms with Crippen LogP contribution in [-0.4, -0.2) is 65.9 Å². The van der Waals surface area contributed by atoms with Gasteiger partial charge in [0.15, 0.2) is 0 Å². The van der Waals surface area contributed by atoms with Crippen LogP contribution in [-0.2, 0) is 4.74 Å². The Morgan fingerprint density at radius 3 is 2.59 bits per heavy atom. The monoisotopic (exact) mass is 552 g/mol. The van der Waals surface area contributed by atoms with E-state index in [1.807, 2.05) is 24.3 Å². The minimum Gasteiger partial charge on any atom is -0.489 e. The zero-order valence-corrected chi connectivity index (χ0v) is 24.1. The standard InChI is InChI=1S/C33H40N6O2/c1-23(2)19-30-21-29(12-18-40-30)41-32-10-3-24(20-25(32)22-34)31-11-13-35-33(37-31)36-26-4-6-27(7-5-26)38-14-16-39(17-15-38)28-8-9-28/h3-7,10-11,13,20,23,28-30H,8-9,12,14-19,21H2,1-2H3,(H,35,36,37). The van der Waals surface area contributed by atoms with E-state index in [9.17, 15) is 5.26 Å². The van der Waals surface area contributed by atoms with E-state index in [2.05, 4.69) is 64.3 Å². The van der Waals surface area contributed by atoms with Crippen LogP contribution in [0.1, 0.15) is 51.5 Å². The van der Waals surface area contributed by atoms with Crippen LogP contribution in [0.15, 0.2) is 54.7 Å². The normalized spacial score (nSPS) is 21.5. The summed E-state index contributed by atoms with van der Waals surface area (Å²) >= 11 is 0. The highest BCUT2D eigenvalue weighted by molar-refractivity contribution is 5.66. The smallest absolute Gasteiger partial charge is 0.227 e. The number of anilines is 3. The summed E-state index contributed by atoms with van der Waals surface area (Å²) in [6.45, 7) is 9.58. The van der Waals surface area contributed by atoms with Crippen molar-refractivity contribution in [2.75, 3.05) is 43.0 Å². The summed E-state index contributed by atoms with van der Waals surface area (Å²) in [5, 5.41) is 13.2. The first-order valence-corrected chi connectivity index (χ1v) is 15.1. The molecule has 214 valence electrons. The third-order valence-corrected chi connectivity index (χ3v) is 8.26. The van der Waals surface area contributed by atoms with Crippen molar-refractivity contribution in [2.24, 2.45) is 5.92 Å². The zero-order valence-electron chi connectivity index (χ0n) is 24.1. The SMILES string of the molecule is CC(C)CC1CC(Oc2ccc(-c3ccnc(Nc4ccc(N5CCN(C6CC6)CC5)cc4)n3)cc2C#N)CCO1. The molecule has 2 aliphatic heterocycles. The van der Waals surface area contributed by atoms with Crippen molar-refractivity contribution in [2.45, 2.75) is 64.2 Å². The summed E-state index contributed by atoms with van der Waals surface area (Å²) < 4.78 is 12.2. The van der Waals surface area contributed by atoms with Crippen molar-refractivity contribution >= 4 is 17.3 Å². The van der Waals surface area contributed by atoms with E-state index in [1.165, 1.54) is 18.5 Å². The number of nitriles is 1. The van der Waals surface area contributed by atoms with Gasteiger partial charge in [-0.3, -0.25) is 4.90 Å². The molecule has 2 aromatic carbocycles. The van der Waals surface area contributed by atoms with E-state index in [-0.39, 0.29) is 12.2 Å². The van der Waals surface area contributed by atoms with Crippen LogP contribution in [0.5, 0.6) is 5.75 Å². The van der Waals surface area contributed by atoms with Gasteiger partial charge in [-0.1, -0.05) is 13.8 Å². The van der Waals surface area contributed by atoms with Crippen LogP contribution in [0, 0.1) is 17.2 Å². The first kappa shape index (κ1) is 27.5. The molecule has 3 aliphatic rings. The van der Waals surface area contributed by atoms with Gasteiger partial charge in [-0.15, -0.1) is 0 Å². The number of benzene rings is 2. The van der Waals surface area contributed by atoms with E-state index < -0.39 is 0 Å². The van der Waals surface area contributed by atoms with Gasteiger partial charge in [-0.05, 0) is 73.7 Å². The molecule has 0 bridgehead atoms. The van der Waals surface area contributed by atoms with E-state index >= 15 is 0 Å². The molecular weight excluding hydrogens is 512 g/mol. The Bertz CT molecular complexity index is 1360. The molecule has 3 aromatic rings. The summed E-state index contributed by atoms with van der Waals surface area (Å²) in [5.74, 6) is 1.72. The van der Waals surface area contributed by atoms with Gasteiger partial charge in [0.25, 0.3) is 0 Å². The number of ether oxygens (including phenoxy) is 2. The first-order chi connectivity index (χ1) is 20.0. The molecule has 1 aliphatic carbocycles. The molecule has 8 heteroatoms. The molecule has 2 saturated heterocycles. The zero-order chi connectivity index (χ0) is 28.2. The van der Waals surface area contributed by atoms with Crippen LogP contribution in [0.3, 0.4) is 0 Å². The topological polar surface area (TPSA) is 86.5 Å². The second kappa shape index (κ2) is 12.5. The lowest BCUT2D eigenvalue weighted by Crippen LogP contribution is -2.47. The predicted molar refractivity (Wildman–Crippen MR) is 162 cm³/mol.